The normalized spacial score (nSPS) is 18.5. The van der Waals surface area contributed by atoms with Crippen LogP contribution in [0.3, 0.4) is 0 Å². The highest BCUT2D eigenvalue weighted by Crippen LogP contribution is 2.46. The van der Waals surface area contributed by atoms with Gasteiger partial charge in [-0.1, -0.05) is 68.4 Å². The molecule has 2 heterocycles. The molecule has 3 aromatic carbocycles. The lowest BCUT2D eigenvalue weighted by Gasteiger charge is -2.19. The summed E-state index contributed by atoms with van der Waals surface area (Å²) < 4.78 is 0. The number of aryl methyl sites for hydroxylation is 2. The number of benzene rings is 3. The fraction of sp³-hybridized carbons (Fsp3) is 0.207. The first-order valence-electron chi connectivity index (χ1n) is 12.1. The van der Waals surface area contributed by atoms with Gasteiger partial charge >= 0.3 is 0 Å². The van der Waals surface area contributed by atoms with Gasteiger partial charge in [-0.3, -0.25) is 14.5 Å². The van der Waals surface area contributed by atoms with Crippen LogP contribution in [0.2, 0.25) is 0 Å². The minimum atomic E-state index is -0.237. The number of rotatable bonds is 6. The number of para-hydroxylation sites is 3. The lowest BCUT2D eigenvalue weighted by atomic mass is 10.1. The van der Waals surface area contributed by atoms with Crippen molar-refractivity contribution in [2.24, 2.45) is 4.99 Å². The van der Waals surface area contributed by atoms with Crippen LogP contribution in [0.15, 0.2) is 82.7 Å². The molecule has 0 saturated carbocycles. The molecule has 0 spiro atoms. The molecule has 0 aliphatic carbocycles. The largest absolute Gasteiger partial charge is 0.306 e. The zero-order valence-corrected chi connectivity index (χ0v) is 21.8. The maximum absolute atomic E-state index is 14.1. The second-order valence-corrected chi connectivity index (χ2v) is 9.82. The highest BCUT2D eigenvalue weighted by molar-refractivity contribution is 8.19. The number of hydrogen-bond donors (Lipinski definition) is 0. The molecular formula is C29H26ClN3O2S. The van der Waals surface area contributed by atoms with Crippen LogP contribution in [0.1, 0.15) is 30.5 Å². The quantitative estimate of drug-likeness (QED) is 0.275. The molecule has 36 heavy (non-hydrogen) atoms. The number of halogens is 1. The van der Waals surface area contributed by atoms with Crippen molar-refractivity contribution in [3.05, 3.63) is 94.4 Å². The van der Waals surface area contributed by atoms with Gasteiger partial charge in [-0.05, 0) is 53.9 Å². The third-order valence-corrected chi connectivity index (χ3v) is 7.65. The molecule has 182 valence electrons. The topological polar surface area (TPSA) is 53.0 Å². The first-order valence-corrected chi connectivity index (χ1v) is 13.4. The SMILES string of the molecule is CCc1ccccc1N=C1SC(=C2C(=O)N(CCCl)c3ccccc32)C(=O)N1c1ccccc1CC. The number of amidine groups is 1. The van der Waals surface area contributed by atoms with E-state index in [4.69, 9.17) is 16.6 Å². The first kappa shape index (κ1) is 24.3. The predicted molar refractivity (Wildman–Crippen MR) is 150 cm³/mol. The molecule has 0 N–H and O–H groups in total. The van der Waals surface area contributed by atoms with Crippen molar-refractivity contribution < 1.29 is 9.59 Å². The molecule has 1 saturated heterocycles. The minimum Gasteiger partial charge on any atom is -0.306 e. The maximum Gasteiger partial charge on any atom is 0.272 e. The lowest BCUT2D eigenvalue weighted by molar-refractivity contribution is -0.115. The van der Waals surface area contributed by atoms with Gasteiger partial charge in [0.2, 0.25) is 0 Å². The van der Waals surface area contributed by atoms with Crippen LogP contribution < -0.4 is 9.80 Å². The summed E-state index contributed by atoms with van der Waals surface area (Å²) in [6.07, 6.45) is 1.59. The highest BCUT2D eigenvalue weighted by atomic mass is 35.5. The molecule has 3 aromatic rings. The van der Waals surface area contributed by atoms with Crippen LogP contribution >= 0.6 is 23.4 Å². The number of fused-ring (bicyclic) bond motifs is 1. The Kier molecular flexibility index (Phi) is 6.99. The van der Waals surface area contributed by atoms with Crippen molar-refractivity contribution in [1.82, 2.24) is 0 Å². The number of nitrogens with zero attached hydrogens (tertiary/aromatic N) is 3. The molecule has 1 fully saturated rings. The van der Waals surface area contributed by atoms with Crippen molar-refractivity contribution in [1.29, 1.82) is 0 Å². The van der Waals surface area contributed by atoms with Gasteiger partial charge in [0, 0.05) is 18.0 Å². The van der Waals surface area contributed by atoms with E-state index in [1.807, 2.05) is 72.8 Å². The molecule has 2 amide bonds. The molecule has 0 atom stereocenters. The van der Waals surface area contributed by atoms with E-state index in [2.05, 4.69) is 13.8 Å². The van der Waals surface area contributed by atoms with Gasteiger partial charge in [-0.15, -0.1) is 11.6 Å². The van der Waals surface area contributed by atoms with Crippen LogP contribution in [0.25, 0.3) is 5.57 Å². The zero-order valence-electron chi connectivity index (χ0n) is 20.2. The monoisotopic (exact) mass is 515 g/mol. The van der Waals surface area contributed by atoms with Gasteiger partial charge in [0.1, 0.15) is 0 Å². The molecule has 0 bridgehead atoms. The van der Waals surface area contributed by atoms with E-state index in [1.165, 1.54) is 11.8 Å². The van der Waals surface area contributed by atoms with Crippen molar-refractivity contribution in [2.75, 3.05) is 22.2 Å². The van der Waals surface area contributed by atoms with Gasteiger partial charge < -0.3 is 4.90 Å². The molecule has 0 unspecified atom stereocenters. The molecule has 5 rings (SSSR count). The second-order valence-electron chi connectivity index (χ2n) is 8.47. The van der Waals surface area contributed by atoms with Crippen LogP contribution in [0, 0.1) is 0 Å². The van der Waals surface area contributed by atoms with Crippen molar-refractivity contribution in [2.45, 2.75) is 26.7 Å². The number of thioether (sulfide) groups is 1. The summed E-state index contributed by atoms with van der Waals surface area (Å²) in [6, 6.07) is 23.4. The molecule has 0 aromatic heterocycles. The summed E-state index contributed by atoms with van der Waals surface area (Å²) in [5, 5.41) is 0.547. The molecule has 5 nitrogen and oxygen atoms in total. The van der Waals surface area contributed by atoms with Crippen LogP contribution in [-0.2, 0) is 22.4 Å². The van der Waals surface area contributed by atoms with E-state index in [9.17, 15) is 9.59 Å². The van der Waals surface area contributed by atoms with Crippen LogP contribution in [-0.4, -0.2) is 29.4 Å². The summed E-state index contributed by atoms with van der Waals surface area (Å²) >= 11 is 7.28. The number of anilines is 2. The molecule has 0 radical (unpaired) electrons. The maximum atomic E-state index is 14.1. The smallest absolute Gasteiger partial charge is 0.272 e. The predicted octanol–water partition coefficient (Wildman–Crippen LogP) is 6.58. The first-order chi connectivity index (χ1) is 17.6. The van der Waals surface area contributed by atoms with Gasteiger partial charge in [0.25, 0.3) is 11.8 Å². The number of amides is 2. The fourth-order valence-corrected chi connectivity index (χ4v) is 5.91. The average molecular weight is 516 g/mol. The lowest BCUT2D eigenvalue weighted by Crippen LogP contribution is -2.31. The van der Waals surface area contributed by atoms with Crippen LogP contribution in [0.5, 0.6) is 0 Å². The fourth-order valence-electron chi connectivity index (χ4n) is 4.67. The van der Waals surface area contributed by atoms with Gasteiger partial charge in [-0.25, -0.2) is 4.99 Å². The summed E-state index contributed by atoms with van der Waals surface area (Å²) in [4.78, 5) is 36.4. The Hall–Kier alpha value is -3.35. The molecule has 7 heteroatoms. The Labute approximate surface area is 220 Å². The molecule has 2 aliphatic rings. The average Bonchev–Trinajstić information content (AvgIpc) is 3.37. The number of carbonyl (C=O) groups excluding carboxylic acids is 2. The summed E-state index contributed by atoms with van der Waals surface area (Å²) in [7, 11) is 0. The molecular weight excluding hydrogens is 490 g/mol. The minimum absolute atomic E-state index is 0.202. The van der Waals surface area contributed by atoms with Crippen LogP contribution in [0.4, 0.5) is 17.1 Å². The van der Waals surface area contributed by atoms with E-state index >= 15 is 0 Å². The number of hydrogen-bond acceptors (Lipinski definition) is 4. The second kappa shape index (κ2) is 10.3. The Morgan fingerprint density at radius 2 is 1.44 bits per heavy atom. The summed E-state index contributed by atoms with van der Waals surface area (Å²) in [5.41, 5.74) is 5.69. The third kappa shape index (κ3) is 4.14. The van der Waals surface area contributed by atoms with E-state index in [-0.39, 0.29) is 11.8 Å². The summed E-state index contributed by atoms with van der Waals surface area (Å²) in [6.45, 7) is 4.53. The zero-order chi connectivity index (χ0) is 25.2. The Morgan fingerprint density at radius 1 is 0.806 bits per heavy atom. The van der Waals surface area contributed by atoms with E-state index < -0.39 is 0 Å². The van der Waals surface area contributed by atoms with E-state index in [0.29, 0.717) is 28.1 Å². The van der Waals surface area contributed by atoms with Crippen molar-refractivity contribution in [3.8, 4) is 0 Å². The van der Waals surface area contributed by atoms with Gasteiger partial charge in [-0.2, -0.15) is 0 Å². The molecule has 2 aliphatic heterocycles. The Morgan fingerprint density at radius 3 is 2.17 bits per heavy atom. The van der Waals surface area contributed by atoms with Crippen molar-refractivity contribution >= 4 is 63.0 Å². The number of aliphatic imine (C=N–C) groups is 1. The number of alkyl halides is 1. The summed E-state index contributed by atoms with van der Waals surface area (Å²) in [5.74, 6) is -0.133. The van der Waals surface area contributed by atoms with Crippen molar-refractivity contribution in [3.63, 3.8) is 0 Å². The van der Waals surface area contributed by atoms with Gasteiger partial charge in [0.05, 0.1) is 27.5 Å². The Balaban J connectivity index is 1.72. The number of carbonyl (C=O) groups is 2. The van der Waals surface area contributed by atoms with E-state index in [1.54, 1.807) is 9.80 Å². The third-order valence-electron chi connectivity index (χ3n) is 6.44. The van der Waals surface area contributed by atoms with Gasteiger partial charge in [0.15, 0.2) is 5.17 Å². The standard InChI is InChI=1S/C29H26ClN3O2S/c1-3-19-11-5-8-14-22(19)31-29-33(23-15-9-6-12-20(23)4-2)28(35)26(36-29)25-21-13-7-10-16-24(21)32(18-17-30)27(25)34/h5-16H,3-4,17-18H2,1-2H3. The van der Waals surface area contributed by atoms with E-state index in [0.717, 1.165) is 46.6 Å². The highest BCUT2D eigenvalue weighted by Gasteiger charge is 2.43. The Bertz CT molecular complexity index is 1410.